The smallest absolute Gasteiger partial charge is 0.229 e. The fraction of sp³-hybridized carbons (Fsp3) is 0.0714. The maximum Gasteiger partial charge on any atom is 0.229 e. The lowest BCUT2D eigenvalue weighted by Crippen LogP contribution is -2.09. The van der Waals surface area contributed by atoms with Gasteiger partial charge in [0.2, 0.25) is 10.0 Å². The van der Waals surface area contributed by atoms with Crippen molar-refractivity contribution in [2.45, 2.75) is 0 Å². The van der Waals surface area contributed by atoms with E-state index in [1.54, 1.807) is 18.4 Å². The van der Waals surface area contributed by atoms with Gasteiger partial charge in [-0.15, -0.1) is 11.3 Å². The van der Waals surface area contributed by atoms with Crippen molar-refractivity contribution in [3.05, 3.63) is 48.0 Å². The van der Waals surface area contributed by atoms with Crippen molar-refractivity contribution in [1.29, 1.82) is 0 Å². The Morgan fingerprint density at radius 3 is 2.57 bits per heavy atom. The van der Waals surface area contributed by atoms with Crippen LogP contribution in [0.2, 0.25) is 0 Å². The zero-order valence-corrected chi connectivity index (χ0v) is 12.7. The van der Waals surface area contributed by atoms with Gasteiger partial charge >= 0.3 is 0 Å². The second-order valence-electron chi connectivity index (χ2n) is 4.47. The molecule has 0 atom stereocenters. The third-order valence-corrected chi connectivity index (χ3v) is 4.18. The lowest BCUT2D eigenvalue weighted by atomic mass is 10.1. The molecule has 0 radical (unpaired) electrons. The molecule has 2 aromatic heterocycles. The number of nitrogens with zero attached hydrogens (tertiary/aromatic N) is 1. The molecule has 0 aliphatic rings. The third-order valence-electron chi connectivity index (χ3n) is 2.72. The van der Waals surface area contributed by atoms with E-state index in [1.165, 1.54) is 11.3 Å². The molecule has 0 amide bonds. The van der Waals surface area contributed by atoms with E-state index in [9.17, 15) is 8.42 Å². The van der Waals surface area contributed by atoms with Gasteiger partial charge in [-0.05, 0) is 24.3 Å². The highest BCUT2D eigenvalue weighted by Crippen LogP contribution is 2.29. The first-order chi connectivity index (χ1) is 10.0. The van der Waals surface area contributed by atoms with Crippen LogP contribution >= 0.6 is 11.3 Å². The minimum Gasteiger partial charge on any atom is -0.462 e. The van der Waals surface area contributed by atoms with Crippen LogP contribution in [0.25, 0.3) is 22.0 Å². The number of hydrogen-bond acceptors (Lipinski definition) is 5. The molecule has 0 unspecified atom stereocenters. The molecule has 7 heteroatoms. The van der Waals surface area contributed by atoms with E-state index < -0.39 is 10.0 Å². The summed E-state index contributed by atoms with van der Waals surface area (Å²) in [4.78, 5) is 4.51. The highest BCUT2D eigenvalue weighted by atomic mass is 32.2. The molecule has 0 aliphatic heterocycles. The van der Waals surface area contributed by atoms with Crippen LogP contribution < -0.4 is 4.72 Å². The predicted octanol–water partition coefficient (Wildman–Crippen LogP) is 3.44. The minimum atomic E-state index is -3.26. The summed E-state index contributed by atoms with van der Waals surface area (Å²) in [6.07, 6.45) is 2.74. The molecule has 1 N–H and O–H groups in total. The summed E-state index contributed by atoms with van der Waals surface area (Å²) in [6, 6.07) is 10.8. The topological polar surface area (TPSA) is 72.2 Å². The quantitative estimate of drug-likeness (QED) is 0.799. The Morgan fingerprint density at radius 1 is 1.19 bits per heavy atom. The molecule has 0 spiro atoms. The van der Waals surface area contributed by atoms with Crippen LogP contribution in [0.4, 0.5) is 5.69 Å². The molecule has 108 valence electrons. The molecular weight excluding hydrogens is 308 g/mol. The van der Waals surface area contributed by atoms with Gasteiger partial charge in [0.25, 0.3) is 0 Å². The van der Waals surface area contributed by atoms with Crippen molar-refractivity contribution in [1.82, 2.24) is 4.98 Å². The summed E-state index contributed by atoms with van der Waals surface area (Å²) in [7, 11) is -3.26. The predicted molar refractivity (Wildman–Crippen MR) is 83.7 cm³/mol. The molecule has 0 fully saturated rings. The SMILES string of the molecule is CS(=O)(=O)Nc1ccc(-c2csc(-c3ccco3)n2)cc1. The molecule has 0 saturated carbocycles. The number of nitrogens with one attached hydrogen (secondary N) is 1. The lowest BCUT2D eigenvalue weighted by molar-refractivity contribution is 0.582. The first kappa shape index (κ1) is 13.8. The molecular formula is C14H12N2O3S2. The first-order valence-electron chi connectivity index (χ1n) is 6.09. The summed E-state index contributed by atoms with van der Waals surface area (Å²) < 4.78 is 30.1. The van der Waals surface area contributed by atoms with Gasteiger partial charge in [0.05, 0.1) is 18.2 Å². The van der Waals surface area contributed by atoms with Gasteiger partial charge < -0.3 is 4.42 Å². The normalized spacial score (nSPS) is 11.5. The van der Waals surface area contributed by atoms with E-state index in [1.807, 2.05) is 29.6 Å². The Balaban J connectivity index is 1.84. The summed E-state index contributed by atoms with van der Waals surface area (Å²) in [5.41, 5.74) is 2.28. The molecule has 0 bridgehead atoms. The molecule has 0 saturated heterocycles. The van der Waals surface area contributed by atoms with E-state index in [-0.39, 0.29) is 0 Å². The summed E-state index contributed by atoms with van der Waals surface area (Å²) in [6.45, 7) is 0. The Bertz CT molecular complexity index is 835. The van der Waals surface area contributed by atoms with Crippen LogP contribution in [0, 0.1) is 0 Å². The van der Waals surface area contributed by atoms with Crippen LogP contribution in [-0.2, 0) is 10.0 Å². The standard InChI is InChI=1S/C14H12N2O3S2/c1-21(17,18)16-11-6-4-10(5-7-11)12-9-20-14(15-12)13-3-2-8-19-13/h2-9,16H,1H3. The number of aromatic nitrogens is 1. The van der Waals surface area contributed by atoms with Gasteiger partial charge in [-0.1, -0.05) is 12.1 Å². The number of furan rings is 1. The Labute approximate surface area is 126 Å². The second-order valence-corrected chi connectivity index (χ2v) is 7.07. The van der Waals surface area contributed by atoms with Crippen molar-refractivity contribution in [3.8, 4) is 22.0 Å². The molecule has 1 aromatic carbocycles. The van der Waals surface area contributed by atoms with Crippen molar-refractivity contribution in [2.75, 3.05) is 11.0 Å². The van der Waals surface area contributed by atoms with Crippen LogP contribution in [0.15, 0.2) is 52.5 Å². The third kappa shape index (κ3) is 3.32. The minimum absolute atomic E-state index is 0.530. The van der Waals surface area contributed by atoms with E-state index >= 15 is 0 Å². The van der Waals surface area contributed by atoms with Gasteiger partial charge in [0, 0.05) is 16.6 Å². The summed E-state index contributed by atoms with van der Waals surface area (Å²) in [5, 5.41) is 2.75. The average molecular weight is 320 g/mol. The second kappa shape index (κ2) is 5.34. The summed E-state index contributed by atoms with van der Waals surface area (Å²) >= 11 is 1.50. The van der Waals surface area contributed by atoms with Crippen molar-refractivity contribution in [2.24, 2.45) is 0 Å². The molecule has 3 aromatic rings. The Hall–Kier alpha value is -2.12. The number of rotatable bonds is 4. The molecule has 21 heavy (non-hydrogen) atoms. The fourth-order valence-corrected chi connectivity index (χ4v) is 3.20. The number of anilines is 1. The fourth-order valence-electron chi connectivity index (χ4n) is 1.84. The molecule has 2 heterocycles. The van der Waals surface area contributed by atoms with Crippen molar-refractivity contribution in [3.63, 3.8) is 0 Å². The van der Waals surface area contributed by atoms with Gasteiger partial charge in [-0.3, -0.25) is 4.72 Å². The van der Waals surface area contributed by atoms with Crippen molar-refractivity contribution >= 4 is 27.0 Å². The largest absolute Gasteiger partial charge is 0.462 e. The van der Waals surface area contributed by atoms with Crippen LogP contribution in [0.1, 0.15) is 0 Å². The highest BCUT2D eigenvalue weighted by molar-refractivity contribution is 7.92. The van der Waals surface area contributed by atoms with Gasteiger partial charge in [0.1, 0.15) is 0 Å². The van der Waals surface area contributed by atoms with E-state index in [0.717, 1.165) is 28.3 Å². The Morgan fingerprint density at radius 2 is 1.95 bits per heavy atom. The number of sulfonamides is 1. The number of thiazole rings is 1. The highest BCUT2D eigenvalue weighted by Gasteiger charge is 2.09. The monoisotopic (exact) mass is 320 g/mol. The molecule has 3 rings (SSSR count). The Kier molecular flexibility index (Phi) is 3.52. The zero-order chi connectivity index (χ0) is 14.9. The van der Waals surface area contributed by atoms with Crippen LogP contribution in [-0.4, -0.2) is 19.7 Å². The summed E-state index contributed by atoms with van der Waals surface area (Å²) in [5.74, 6) is 0.738. The lowest BCUT2D eigenvalue weighted by Gasteiger charge is -2.04. The van der Waals surface area contributed by atoms with Gasteiger partial charge in [-0.2, -0.15) is 0 Å². The van der Waals surface area contributed by atoms with Crippen LogP contribution in [0.3, 0.4) is 0 Å². The molecule has 0 aliphatic carbocycles. The van der Waals surface area contributed by atoms with Crippen molar-refractivity contribution < 1.29 is 12.8 Å². The zero-order valence-electron chi connectivity index (χ0n) is 11.1. The molecule has 5 nitrogen and oxygen atoms in total. The van der Waals surface area contributed by atoms with Gasteiger partial charge in [-0.25, -0.2) is 13.4 Å². The number of benzene rings is 1. The average Bonchev–Trinajstić information content (AvgIpc) is 3.09. The van der Waals surface area contributed by atoms with E-state index in [0.29, 0.717) is 5.69 Å². The van der Waals surface area contributed by atoms with E-state index in [2.05, 4.69) is 9.71 Å². The van der Waals surface area contributed by atoms with Gasteiger partial charge in [0.15, 0.2) is 10.8 Å². The van der Waals surface area contributed by atoms with Crippen LogP contribution in [0.5, 0.6) is 0 Å². The number of hydrogen-bond donors (Lipinski definition) is 1. The van der Waals surface area contributed by atoms with E-state index in [4.69, 9.17) is 4.42 Å². The maximum atomic E-state index is 11.2. The maximum absolute atomic E-state index is 11.2. The first-order valence-corrected chi connectivity index (χ1v) is 8.86.